The molecular weight excluding hydrogens is 314 g/mol. The quantitative estimate of drug-likeness (QED) is 0.727. The zero-order valence-corrected chi connectivity index (χ0v) is 14.7. The van der Waals surface area contributed by atoms with Crippen LogP contribution in [0, 0.1) is 0 Å². The fourth-order valence-electron chi connectivity index (χ4n) is 2.65. The number of carbonyl (C=O) groups is 1. The number of hydrogen-bond donors (Lipinski definition) is 2. The number of allylic oxidation sites excluding steroid dienone is 1. The molecule has 0 heterocycles. The molecule has 1 atom stereocenters. The van der Waals surface area contributed by atoms with Gasteiger partial charge >= 0.3 is 0 Å². The van der Waals surface area contributed by atoms with Crippen molar-refractivity contribution in [3.8, 4) is 5.75 Å². The van der Waals surface area contributed by atoms with Gasteiger partial charge in [0.2, 0.25) is 5.91 Å². The number of aliphatic hydroxyl groups is 1. The van der Waals surface area contributed by atoms with Crippen molar-refractivity contribution >= 4 is 5.91 Å². The Morgan fingerprint density at radius 3 is 2.56 bits per heavy atom. The summed E-state index contributed by atoms with van der Waals surface area (Å²) in [6.07, 6.45) is 2.13. The van der Waals surface area contributed by atoms with Crippen LogP contribution in [0.3, 0.4) is 0 Å². The van der Waals surface area contributed by atoms with E-state index in [1.807, 2.05) is 61.5 Å². The van der Waals surface area contributed by atoms with E-state index < -0.39 is 6.10 Å². The Labute approximate surface area is 149 Å². The summed E-state index contributed by atoms with van der Waals surface area (Å²) in [4.78, 5) is 12.0. The fraction of sp³-hybridized carbons (Fsp3) is 0.286. The summed E-state index contributed by atoms with van der Waals surface area (Å²) < 4.78 is 5.33. The normalized spacial score (nSPS) is 12.5. The van der Waals surface area contributed by atoms with Crippen molar-refractivity contribution in [2.24, 2.45) is 0 Å². The van der Waals surface area contributed by atoms with E-state index in [0.717, 1.165) is 22.4 Å². The number of para-hydroxylation sites is 1. The molecule has 2 aromatic rings. The molecule has 0 aromatic heterocycles. The van der Waals surface area contributed by atoms with Crippen LogP contribution < -0.4 is 10.1 Å². The second-order valence-corrected chi connectivity index (χ2v) is 6.07. The minimum atomic E-state index is -0.603. The van der Waals surface area contributed by atoms with Gasteiger partial charge in [-0.1, -0.05) is 54.1 Å². The van der Waals surface area contributed by atoms with Gasteiger partial charge < -0.3 is 15.2 Å². The molecule has 2 N–H and O–H groups in total. The minimum absolute atomic E-state index is 0.195. The zero-order valence-electron chi connectivity index (χ0n) is 14.7. The molecule has 0 aliphatic rings. The maximum Gasteiger partial charge on any atom is 0.244 e. The van der Waals surface area contributed by atoms with Gasteiger partial charge in [-0.25, -0.2) is 0 Å². The number of aliphatic hydroxyl groups excluding tert-OH is 1. The highest BCUT2D eigenvalue weighted by Crippen LogP contribution is 2.20. The molecule has 25 heavy (non-hydrogen) atoms. The van der Waals surface area contributed by atoms with Crippen LogP contribution in [-0.4, -0.2) is 30.8 Å². The second kappa shape index (κ2) is 9.64. The molecule has 1 amide bonds. The maximum absolute atomic E-state index is 12.0. The lowest BCUT2D eigenvalue weighted by Gasteiger charge is -2.12. The molecular formula is C21H25NO3. The number of benzene rings is 2. The van der Waals surface area contributed by atoms with Gasteiger partial charge in [0.1, 0.15) is 5.75 Å². The molecule has 0 saturated heterocycles. The monoisotopic (exact) mass is 339 g/mol. The van der Waals surface area contributed by atoms with Crippen LogP contribution in [0.25, 0.3) is 0 Å². The Morgan fingerprint density at radius 1 is 1.16 bits per heavy atom. The summed E-state index contributed by atoms with van der Waals surface area (Å²) in [5.74, 6) is 0.619. The predicted octanol–water partition coefficient (Wildman–Crippen LogP) is 2.90. The van der Waals surface area contributed by atoms with Crippen LogP contribution in [-0.2, 0) is 17.6 Å². The SMILES string of the molecule is COc1ccccc1C/C(C)=C/C(=O)NCC(O)Cc1ccccc1. The highest BCUT2D eigenvalue weighted by Gasteiger charge is 2.08. The van der Waals surface area contributed by atoms with Gasteiger partial charge in [-0.05, 0) is 30.5 Å². The average molecular weight is 339 g/mol. The standard InChI is InChI=1S/C21H25NO3/c1-16(12-18-10-6-7-11-20(18)25-2)13-21(24)22-15-19(23)14-17-8-4-3-5-9-17/h3-11,13,19,23H,12,14-15H2,1-2H3,(H,22,24)/b16-13+. The average Bonchev–Trinajstić information content (AvgIpc) is 2.61. The predicted molar refractivity (Wildman–Crippen MR) is 99.6 cm³/mol. The van der Waals surface area contributed by atoms with Crippen LogP contribution in [0.2, 0.25) is 0 Å². The van der Waals surface area contributed by atoms with E-state index in [1.165, 1.54) is 0 Å². The molecule has 0 aliphatic heterocycles. The van der Waals surface area contributed by atoms with Gasteiger partial charge in [0, 0.05) is 19.0 Å². The van der Waals surface area contributed by atoms with Gasteiger partial charge in [0.15, 0.2) is 0 Å². The van der Waals surface area contributed by atoms with Crippen molar-refractivity contribution < 1.29 is 14.6 Å². The molecule has 2 rings (SSSR count). The topological polar surface area (TPSA) is 58.6 Å². The molecule has 0 fully saturated rings. The van der Waals surface area contributed by atoms with Crippen LogP contribution in [0.15, 0.2) is 66.2 Å². The number of hydrogen-bond acceptors (Lipinski definition) is 3. The number of amides is 1. The van der Waals surface area contributed by atoms with Crippen molar-refractivity contribution in [2.45, 2.75) is 25.9 Å². The third-order valence-electron chi connectivity index (χ3n) is 3.87. The first kappa shape index (κ1) is 18.7. The van der Waals surface area contributed by atoms with Crippen LogP contribution in [0.1, 0.15) is 18.1 Å². The Bertz CT molecular complexity index is 710. The first-order valence-corrected chi connectivity index (χ1v) is 8.37. The van der Waals surface area contributed by atoms with Crippen LogP contribution in [0.4, 0.5) is 0 Å². The zero-order chi connectivity index (χ0) is 18.1. The molecule has 0 aliphatic carbocycles. The number of ether oxygens (including phenoxy) is 1. The molecule has 0 radical (unpaired) electrons. The highest BCUT2D eigenvalue weighted by molar-refractivity contribution is 5.88. The van der Waals surface area contributed by atoms with Gasteiger partial charge in [-0.15, -0.1) is 0 Å². The second-order valence-electron chi connectivity index (χ2n) is 6.07. The summed E-state index contributed by atoms with van der Waals surface area (Å²) in [7, 11) is 1.64. The summed E-state index contributed by atoms with van der Waals surface area (Å²) >= 11 is 0. The number of nitrogens with one attached hydrogen (secondary N) is 1. The minimum Gasteiger partial charge on any atom is -0.496 e. The molecule has 0 bridgehead atoms. The molecule has 4 heteroatoms. The van der Waals surface area contributed by atoms with Crippen LogP contribution >= 0.6 is 0 Å². The van der Waals surface area contributed by atoms with E-state index in [0.29, 0.717) is 12.8 Å². The summed E-state index contributed by atoms with van der Waals surface area (Å²) in [5, 5.41) is 12.8. The third kappa shape index (κ3) is 6.43. The maximum atomic E-state index is 12.0. The van der Waals surface area contributed by atoms with E-state index in [-0.39, 0.29) is 12.5 Å². The summed E-state index contributed by atoms with van der Waals surface area (Å²) in [6.45, 7) is 2.14. The Hall–Kier alpha value is -2.59. The highest BCUT2D eigenvalue weighted by atomic mass is 16.5. The largest absolute Gasteiger partial charge is 0.496 e. The lowest BCUT2D eigenvalue weighted by Crippen LogP contribution is -2.32. The van der Waals surface area contributed by atoms with Crippen molar-refractivity contribution in [3.63, 3.8) is 0 Å². The molecule has 0 spiro atoms. The number of carbonyl (C=O) groups excluding carboxylic acids is 1. The fourth-order valence-corrected chi connectivity index (χ4v) is 2.65. The molecule has 1 unspecified atom stereocenters. The van der Waals surface area contributed by atoms with E-state index in [1.54, 1.807) is 13.2 Å². The third-order valence-corrected chi connectivity index (χ3v) is 3.87. The first-order chi connectivity index (χ1) is 12.1. The molecule has 4 nitrogen and oxygen atoms in total. The van der Waals surface area contributed by atoms with E-state index >= 15 is 0 Å². The van der Waals surface area contributed by atoms with Gasteiger partial charge in [0.25, 0.3) is 0 Å². The van der Waals surface area contributed by atoms with E-state index in [4.69, 9.17) is 4.74 Å². The van der Waals surface area contributed by atoms with E-state index in [9.17, 15) is 9.90 Å². The molecule has 132 valence electrons. The number of methoxy groups -OCH3 is 1. The van der Waals surface area contributed by atoms with Crippen molar-refractivity contribution in [1.29, 1.82) is 0 Å². The number of rotatable bonds is 8. The Morgan fingerprint density at radius 2 is 1.84 bits per heavy atom. The summed E-state index contributed by atoms with van der Waals surface area (Å²) in [5.41, 5.74) is 3.02. The van der Waals surface area contributed by atoms with Crippen LogP contribution in [0.5, 0.6) is 5.75 Å². The molecule has 0 saturated carbocycles. The first-order valence-electron chi connectivity index (χ1n) is 8.37. The van der Waals surface area contributed by atoms with Crippen molar-refractivity contribution in [1.82, 2.24) is 5.32 Å². The van der Waals surface area contributed by atoms with Crippen molar-refractivity contribution in [3.05, 3.63) is 77.4 Å². The molecule has 2 aromatic carbocycles. The smallest absolute Gasteiger partial charge is 0.244 e. The van der Waals surface area contributed by atoms with Gasteiger partial charge in [0.05, 0.1) is 13.2 Å². The summed E-state index contributed by atoms with van der Waals surface area (Å²) in [6, 6.07) is 17.5. The Kier molecular flexibility index (Phi) is 7.23. The van der Waals surface area contributed by atoms with Gasteiger partial charge in [-0.2, -0.15) is 0 Å². The lowest BCUT2D eigenvalue weighted by atomic mass is 10.0. The lowest BCUT2D eigenvalue weighted by molar-refractivity contribution is -0.117. The Balaban J connectivity index is 1.83. The van der Waals surface area contributed by atoms with Gasteiger partial charge in [-0.3, -0.25) is 4.79 Å². The van der Waals surface area contributed by atoms with E-state index in [2.05, 4.69) is 5.32 Å². The van der Waals surface area contributed by atoms with Crippen molar-refractivity contribution in [2.75, 3.05) is 13.7 Å².